The molecule has 0 saturated carbocycles. The van der Waals surface area contributed by atoms with Crippen LogP contribution < -0.4 is 29.6 Å². The fourth-order valence-corrected chi connectivity index (χ4v) is 2.24. The SMILES string of the molecule is O=C(O)c1ccc(C=Cc2ccc3ccccc3c2)cc1.[H-].[Na+]. The van der Waals surface area contributed by atoms with E-state index in [4.69, 9.17) is 5.11 Å². The van der Waals surface area contributed by atoms with E-state index in [-0.39, 0.29) is 31.0 Å². The molecule has 0 fully saturated rings. The summed E-state index contributed by atoms with van der Waals surface area (Å²) in [4.78, 5) is 10.8. The molecular formula is C19H15NaO2. The summed E-state index contributed by atoms with van der Waals surface area (Å²) in [6, 6.07) is 21.4. The van der Waals surface area contributed by atoms with Crippen LogP contribution in [0.4, 0.5) is 0 Å². The smallest absolute Gasteiger partial charge is 1.00 e. The van der Waals surface area contributed by atoms with E-state index >= 15 is 0 Å². The molecule has 3 aromatic rings. The third-order valence-corrected chi connectivity index (χ3v) is 3.40. The van der Waals surface area contributed by atoms with E-state index in [1.165, 1.54) is 10.8 Å². The van der Waals surface area contributed by atoms with Gasteiger partial charge in [0, 0.05) is 0 Å². The predicted octanol–water partition coefficient (Wildman–Crippen LogP) is 1.82. The van der Waals surface area contributed by atoms with Crippen molar-refractivity contribution in [2.75, 3.05) is 0 Å². The van der Waals surface area contributed by atoms with Crippen LogP contribution in [-0.2, 0) is 0 Å². The molecule has 22 heavy (non-hydrogen) atoms. The summed E-state index contributed by atoms with van der Waals surface area (Å²) in [6.07, 6.45) is 4.01. The second-order valence-electron chi connectivity index (χ2n) is 4.87. The number of aromatic carboxylic acids is 1. The van der Waals surface area contributed by atoms with E-state index in [9.17, 15) is 4.79 Å². The van der Waals surface area contributed by atoms with Crippen molar-refractivity contribution in [1.82, 2.24) is 0 Å². The van der Waals surface area contributed by atoms with Crippen molar-refractivity contribution in [1.29, 1.82) is 0 Å². The van der Waals surface area contributed by atoms with Crippen molar-refractivity contribution in [2.45, 2.75) is 0 Å². The fraction of sp³-hybridized carbons (Fsp3) is 0. The van der Waals surface area contributed by atoms with E-state index in [2.05, 4.69) is 30.3 Å². The molecule has 0 saturated heterocycles. The molecule has 0 radical (unpaired) electrons. The Morgan fingerprint density at radius 2 is 1.41 bits per heavy atom. The predicted molar refractivity (Wildman–Crippen MR) is 87.4 cm³/mol. The minimum atomic E-state index is -0.903. The second kappa shape index (κ2) is 7.41. The Labute approximate surface area is 152 Å². The van der Waals surface area contributed by atoms with Gasteiger partial charge in [-0.15, -0.1) is 0 Å². The molecule has 0 atom stereocenters. The first-order valence-corrected chi connectivity index (χ1v) is 6.73. The van der Waals surface area contributed by atoms with Crippen molar-refractivity contribution >= 4 is 28.9 Å². The van der Waals surface area contributed by atoms with Gasteiger partial charge in [-0.25, -0.2) is 4.79 Å². The first-order valence-electron chi connectivity index (χ1n) is 6.73. The van der Waals surface area contributed by atoms with E-state index < -0.39 is 5.97 Å². The number of carboxylic acid groups (broad SMARTS) is 1. The van der Waals surface area contributed by atoms with Gasteiger partial charge in [-0.2, -0.15) is 0 Å². The number of carbonyl (C=O) groups is 1. The van der Waals surface area contributed by atoms with E-state index in [0.717, 1.165) is 11.1 Å². The number of carboxylic acids is 1. The zero-order chi connectivity index (χ0) is 14.7. The molecule has 0 bridgehead atoms. The molecule has 3 heteroatoms. The van der Waals surface area contributed by atoms with Crippen LogP contribution in [0.15, 0.2) is 66.7 Å². The number of hydrogen-bond donors (Lipinski definition) is 1. The van der Waals surface area contributed by atoms with E-state index in [0.29, 0.717) is 5.56 Å². The molecule has 0 aliphatic carbocycles. The first kappa shape index (κ1) is 16.5. The molecule has 2 nitrogen and oxygen atoms in total. The zero-order valence-corrected chi connectivity index (χ0v) is 14.4. The van der Waals surface area contributed by atoms with Crippen LogP contribution in [0.25, 0.3) is 22.9 Å². The van der Waals surface area contributed by atoms with Gasteiger partial charge in [0.1, 0.15) is 0 Å². The van der Waals surface area contributed by atoms with E-state index in [1.54, 1.807) is 24.3 Å². The molecule has 0 aliphatic rings. The van der Waals surface area contributed by atoms with Crippen LogP contribution in [-0.4, -0.2) is 11.1 Å². The Morgan fingerprint density at radius 1 is 0.818 bits per heavy atom. The number of rotatable bonds is 3. The molecule has 3 aromatic carbocycles. The molecule has 0 aromatic heterocycles. The second-order valence-corrected chi connectivity index (χ2v) is 4.87. The summed E-state index contributed by atoms with van der Waals surface area (Å²) >= 11 is 0. The Kier molecular flexibility index (Phi) is 5.56. The van der Waals surface area contributed by atoms with Gasteiger partial charge in [-0.05, 0) is 40.1 Å². The zero-order valence-electron chi connectivity index (χ0n) is 13.4. The topological polar surface area (TPSA) is 37.3 Å². The summed E-state index contributed by atoms with van der Waals surface area (Å²) in [5.74, 6) is -0.903. The molecule has 0 spiro atoms. The van der Waals surface area contributed by atoms with Crippen LogP contribution >= 0.6 is 0 Å². The van der Waals surface area contributed by atoms with Crippen molar-refractivity contribution in [3.8, 4) is 0 Å². The maximum absolute atomic E-state index is 10.8. The van der Waals surface area contributed by atoms with Crippen molar-refractivity contribution < 1.29 is 40.9 Å². The Bertz CT molecular complexity index is 826. The quantitative estimate of drug-likeness (QED) is 0.591. The average Bonchev–Trinajstić information content (AvgIpc) is 2.53. The third kappa shape index (κ3) is 3.86. The normalized spacial score (nSPS) is 10.5. The molecular weight excluding hydrogens is 283 g/mol. The van der Waals surface area contributed by atoms with Gasteiger partial charge in [0.15, 0.2) is 0 Å². The summed E-state index contributed by atoms with van der Waals surface area (Å²) in [7, 11) is 0. The largest absolute Gasteiger partial charge is 1.00 e. The summed E-state index contributed by atoms with van der Waals surface area (Å²) in [5.41, 5.74) is 2.40. The van der Waals surface area contributed by atoms with Gasteiger partial charge in [-0.3, -0.25) is 0 Å². The Morgan fingerprint density at radius 3 is 2.09 bits per heavy atom. The number of hydrogen-bond acceptors (Lipinski definition) is 1. The van der Waals surface area contributed by atoms with Gasteiger partial charge < -0.3 is 6.53 Å². The summed E-state index contributed by atoms with van der Waals surface area (Å²) in [6.45, 7) is 0. The third-order valence-electron chi connectivity index (χ3n) is 3.40. The van der Waals surface area contributed by atoms with E-state index in [1.807, 2.05) is 24.3 Å². The minimum Gasteiger partial charge on any atom is -1.00 e. The monoisotopic (exact) mass is 298 g/mol. The van der Waals surface area contributed by atoms with Crippen LogP contribution in [0.3, 0.4) is 0 Å². The standard InChI is InChI=1S/C19H14O2.Na.H/c20-19(21)17-11-7-14(8-12-17)5-6-15-9-10-16-3-1-2-4-18(16)13-15;;/h1-13H,(H,20,21);;/q;+1;-1. The molecule has 1 N–H and O–H groups in total. The maximum atomic E-state index is 10.8. The molecule has 0 amide bonds. The van der Waals surface area contributed by atoms with Crippen LogP contribution in [0.5, 0.6) is 0 Å². The summed E-state index contributed by atoms with van der Waals surface area (Å²) < 4.78 is 0. The van der Waals surface area contributed by atoms with Crippen LogP contribution in [0.2, 0.25) is 0 Å². The van der Waals surface area contributed by atoms with Gasteiger partial charge in [0.05, 0.1) is 5.56 Å². The minimum absolute atomic E-state index is 0. The van der Waals surface area contributed by atoms with Crippen molar-refractivity contribution in [3.05, 3.63) is 83.4 Å². The molecule has 3 rings (SSSR count). The average molecular weight is 298 g/mol. The molecule has 0 heterocycles. The maximum Gasteiger partial charge on any atom is 1.00 e. The van der Waals surface area contributed by atoms with Gasteiger partial charge in [0.25, 0.3) is 0 Å². The van der Waals surface area contributed by atoms with Crippen molar-refractivity contribution in [2.24, 2.45) is 0 Å². The van der Waals surface area contributed by atoms with Gasteiger partial charge >= 0.3 is 35.5 Å². The van der Waals surface area contributed by atoms with Gasteiger partial charge in [-0.1, -0.05) is 60.7 Å². The van der Waals surface area contributed by atoms with Gasteiger partial charge in [0.2, 0.25) is 0 Å². The molecule has 104 valence electrons. The Hall–Kier alpha value is -1.87. The van der Waals surface area contributed by atoms with Crippen molar-refractivity contribution in [3.63, 3.8) is 0 Å². The number of fused-ring (bicyclic) bond motifs is 1. The molecule has 0 unspecified atom stereocenters. The van der Waals surface area contributed by atoms with Crippen LogP contribution in [0, 0.1) is 0 Å². The first-order chi connectivity index (χ1) is 10.2. The number of benzene rings is 3. The Balaban J connectivity index is 0.00000132. The molecule has 0 aliphatic heterocycles. The summed E-state index contributed by atoms with van der Waals surface area (Å²) in [5, 5.41) is 11.3. The fourth-order valence-electron chi connectivity index (χ4n) is 2.24. The van der Waals surface area contributed by atoms with Crippen LogP contribution in [0.1, 0.15) is 22.9 Å².